The number of aryl methyl sites for hydroxylation is 2. The van der Waals surface area contributed by atoms with Crippen molar-refractivity contribution in [3.63, 3.8) is 0 Å². The van der Waals surface area contributed by atoms with E-state index in [0.29, 0.717) is 18.0 Å². The number of halogens is 1. The Balaban J connectivity index is 1.30. The lowest BCUT2D eigenvalue weighted by atomic mass is 10.1. The normalized spacial score (nSPS) is 19.7. The molecule has 3 atom stereocenters. The minimum atomic E-state index is -3.78. The van der Waals surface area contributed by atoms with Gasteiger partial charge in [-0.15, -0.1) is 0 Å². The van der Waals surface area contributed by atoms with E-state index in [9.17, 15) is 13.2 Å². The van der Waals surface area contributed by atoms with Gasteiger partial charge in [0.1, 0.15) is 0 Å². The van der Waals surface area contributed by atoms with Crippen LogP contribution in [0.4, 0.5) is 5.69 Å². The molecule has 0 bridgehead atoms. The van der Waals surface area contributed by atoms with E-state index in [-0.39, 0.29) is 22.6 Å². The van der Waals surface area contributed by atoms with Gasteiger partial charge in [-0.05, 0) is 91.3 Å². The first-order valence-corrected chi connectivity index (χ1v) is 15.3. The van der Waals surface area contributed by atoms with Crippen LogP contribution in [0, 0.1) is 12.8 Å². The molecule has 8 heteroatoms. The molecule has 1 aromatic heterocycles. The van der Waals surface area contributed by atoms with Crippen LogP contribution in [0.25, 0.3) is 0 Å². The Kier molecular flexibility index (Phi) is 7.21. The Hall–Kier alpha value is -3.52. The number of fused-ring (bicyclic) bond motifs is 1. The predicted octanol–water partition coefficient (Wildman–Crippen LogP) is 6.35. The summed E-state index contributed by atoms with van der Waals surface area (Å²) in [6.07, 6.45) is 2.21. The number of anilines is 1. The minimum absolute atomic E-state index is 0.0613. The second-order valence-electron chi connectivity index (χ2n) is 10.6. The van der Waals surface area contributed by atoms with Crippen LogP contribution in [0.15, 0.2) is 95.9 Å². The summed E-state index contributed by atoms with van der Waals surface area (Å²) >= 11 is 6.06. The second-order valence-corrected chi connectivity index (χ2v) is 12.8. The molecule has 0 radical (unpaired) electrons. The fourth-order valence-electron chi connectivity index (χ4n) is 5.65. The van der Waals surface area contributed by atoms with E-state index in [1.165, 1.54) is 17.7 Å². The number of nitrogens with zero attached hydrogens (tertiary/aromatic N) is 2. The molecule has 4 aromatic rings. The summed E-state index contributed by atoms with van der Waals surface area (Å²) in [5.74, 6) is 0.164. The van der Waals surface area contributed by atoms with Crippen LogP contribution < -0.4 is 9.62 Å². The second kappa shape index (κ2) is 10.8. The number of nitrogens with one attached hydrogen (secondary N) is 1. The van der Waals surface area contributed by atoms with Crippen molar-refractivity contribution in [2.75, 3.05) is 4.90 Å². The molecule has 1 heterocycles. The molecule has 6 rings (SSSR count). The molecule has 1 N–H and O–H groups in total. The van der Waals surface area contributed by atoms with E-state index in [1.807, 2.05) is 66.4 Å². The molecule has 1 fully saturated rings. The van der Waals surface area contributed by atoms with Crippen molar-refractivity contribution in [1.29, 1.82) is 0 Å². The Morgan fingerprint density at radius 1 is 1.00 bits per heavy atom. The van der Waals surface area contributed by atoms with Crippen LogP contribution in [0.3, 0.4) is 0 Å². The van der Waals surface area contributed by atoms with Crippen LogP contribution in [0.5, 0.6) is 0 Å². The minimum Gasteiger partial charge on any atom is -0.306 e. The Labute approximate surface area is 240 Å². The lowest BCUT2D eigenvalue weighted by Gasteiger charge is -2.25. The van der Waals surface area contributed by atoms with Crippen molar-refractivity contribution >= 4 is 33.2 Å². The van der Waals surface area contributed by atoms with E-state index >= 15 is 0 Å². The fraction of sp³-hybridized carbons (Fsp3) is 0.250. The Bertz CT molecular complexity index is 1680. The van der Waals surface area contributed by atoms with Gasteiger partial charge >= 0.3 is 0 Å². The molecule has 40 heavy (non-hydrogen) atoms. The molecule has 1 amide bonds. The smallest absolute Gasteiger partial charge is 0.241 e. The number of rotatable bonds is 8. The molecule has 3 aromatic carbocycles. The zero-order valence-electron chi connectivity index (χ0n) is 22.1. The summed E-state index contributed by atoms with van der Waals surface area (Å²) < 4.78 is 29.2. The van der Waals surface area contributed by atoms with Gasteiger partial charge in [0, 0.05) is 28.4 Å². The number of carbonyl (C=O) groups excluding carboxylic acids is 1. The van der Waals surface area contributed by atoms with E-state index in [2.05, 4.69) is 21.8 Å². The highest BCUT2D eigenvalue weighted by Gasteiger charge is 2.46. The number of carbonyl (C=O) groups is 1. The number of sulfonamides is 1. The third-order valence-corrected chi connectivity index (χ3v) is 9.49. The first kappa shape index (κ1) is 26.7. The molecule has 0 spiro atoms. The van der Waals surface area contributed by atoms with Crippen molar-refractivity contribution < 1.29 is 13.2 Å². The van der Waals surface area contributed by atoms with Gasteiger partial charge in [-0.1, -0.05) is 60.1 Å². The van der Waals surface area contributed by atoms with E-state index in [0.717, 1.165) is 41.0 Å². The van der Waals surface area contributed by atoms with Gasteiger partial charge in [0.25, 0.3) is 0 Å². The van der Waals surface area contributed by atoms with Crippen LogP contribution in [0.1, 0.15) is 52.9 Å². The largest absolute Gasteiger partial charge is 0.306 e. The van der Waals surface area contributed by atoms with Crippen molar-refractivity contribution in [3.8, 4) is 0 Å². The SMILES string of the molecule is Cc1cccc(CN(C(=O)[C@@H]2C[C@H]2c2ccccc2)c2ccc3c(c2)[C@H](NS(=O)(=O)c2cccc(Cl)c2)CC3)n1. The predicted molar refractivity (Wildman–Crippen MR) is 157 cm³/mol. The van der Waals surface area contributed by atoms with E-state index in [1.54, 1.807) is 12.1 Å². The van der Waals surface area contributed by atoms with Crippen LogP contribution in [-0.4, -0.2) is 19.3 Å². The Morgan fingerprint density at radius 3 is 2.58 bits per heavy atom. The topological polar surface area (TPSA) is 79.4 Å². The zero-order chi connectivity index (χ0) is 27.9. The molecule has 2 aliphatic rings. The molecule has 0 saturated heterocycles. The summed E-state index contributed by atoms with van der Waals surface area (Å²) in [7, 11) is -3.78. The highest BCUT2D eigenvalue weighted by Crippen LogP contribution is 2.49. The standard InChI is InChI=1S/C32H30ClN3O3S/c1-21-7-5-11-25(34-21)20-36(32(37)30-19-28(30)22-8-3-2-4-9-22)26-15-13-23-14-16-31(29(23)18-26)35-40(38,39)27-12-6-10-24(33)17-27/h2-13,15,17-18,28,30-31,35H,14,16,19-20H2,1H3/t28-,30+,31+/m0/s1. The quantitative estimate of drug-likeness (QED) is 0.267. The van der Waals surface area contributed by atoms with Gasteiger partial charge in [-0.2, -0.15) is 0 Å². The summed E-state index contributed by atoms with van der Waals surface area (Å²) in [5, 5.41) is 0.366. The summed E-state index contributed by atoms with van der Waals surface area (Å²) in [6, 6.07) is 27.8. The summed E-state index contributed by atoms with van der Waals surface area (Å²) in [6.45, 7) is 2.28. The van der Waals surface area contributed by atoms with Crippen molar-refractivity contribution in [3.05, 3.63) is 124 Å². The molecular formula is C32H30ClN3O3S. The monoisotopic (exact) mass is 571 g/mol. The van der Waals surface area contributed by atoms with Crippen LogP contribution in [0.2, 0.25) is 5.02 Å². The molecule has 0 aliphatic heterocycles. The maximum absolute atomic E-state index is 14.0. The molecule has 0 unspecified atom stereocenters. The molecule has 6 nitrogen and oxygen atoms in total. The van der Waals surface area contributed by atoms with E-state index in [4.69, 9.17) is 11.6 Å². The number of hydrogen-bond acceptors (Lipinski definition) is 4. The van der Waals surface area contributed by atoms with Crippen molar-refractivity contribution in [1.82, 2.24) is 9.71 Å². The average molecular weight is 572 g/mol. The summed E-state index contributed by atoms with van der Waals surface area (Å²) in [4.78, 5) is 20.6. The molecular weight excluding hydrogens is 542 g/mol. The number of aromatic nitrogens is 1. The maximum Gasteiger partial charge on any atom is 0.241 e. The van der Waals surface area contributed by atoms with Gasteiger partial charge in [0.15, 0.2) is 0 Å². The average Bonchev–Trinajstić information content (AvgIpc) is 3.67. The number of pyridine rings is 1. The summed E-state index contributed by atoms with van der Waals surface area (Å²) in [5.41, 5.74) is 5.61. The molecule has 2 aliphatic carbocycles. The van der Waals surface area contributed by atoms with Crippen LogP contribution >= 0.6 is 11.6 Å². The Morgan fingerprint density at radius 2 is 1.80 bits per heavy atom. The third kappa shape index (κ3) is 5.55. The van der Waals surface area contributed by atoms with Crippen LogP contribution in [-0.2, 0) is 27.8 Å². The van der Waals surface area contributed by atoms with Gasteiger partial charge in [0.2, 0.25) is 15.9 Å². The van der Waals surface area contributed by atoms with Gasteiger partial charge < -0.3 is 4.90 Å². The van der Waals surface area contributed by atoms with Crippen molar-refractivity contribution in [2.45, 2.75) is 49.6 Å². The lowest BCUT2D eigenvalue weighted by molar-refractivity contribution is -0.120. The molecule has 1 saturated carbocycles. The first-order chi connectivity index (χ1) is 19.3. The number of amides is 1. The van der Waals surface area contributed by atoms with E-state index < -0.39 is 16.1 Å². The van der Waals surface area contributed by atoms with Gasteiger partial charge in [-0.3, -0.25) is 9.78 Å². The maximum atomic E-state index is 14.0. The third-order valence-electron chi connectivity index (χ3n) is 7.79. The number of hydrogen-bond donors (Lipinski definition) is 1. The van der Waals surface area contributed by atoms with Gasteiger partial charge in [-0.25, -0.2) is 13.1 Å². The van der Waals surface area contributed by atoms with Crippen molar-refractivity contribution in [2.24, 2.45) is 5.92 Å². The first-order valence-electron chi connectivity index (χ1n) is 13.5. The highest BCUT2D eigenvalue weighted by atomic mass is 35.5. The zero-order valence-corrected chi connectivity index (χ0v) is 23.7. The lowest BCUT2D eigenvalue weighted by Crippen LogP contribution is -2.33. The fourth-order valence-corrected chi connectivity index (χ4v) is 7.20. The highest BCUT2D eigenvalue weighted by molar-refractivity contribution is 7.89. The number of benzene rings is 3. The molecule has 204 valence electrons. The van der Waals surface area contributed by atoms with Gasteiger partial charge in [0.05, 0.1) is 17.1 Å².